The molecule has 0 aliphatic rings. The van der Waals surface area contributed by atoms with Crippen molar-refractivity contribution in [3.05, 3.63) is 36.2 Å². The molecule has 2 rings (SSSR count). The molecule has 0 saturated carbocycles. The van der Waals surface area contributed by atoms with Gasteiger partial charge in [0.2, 0.25) is 21.8 Å². The number of anilines is 1. The van der Waals surface area contributed by atoms with Crippen LogP contribution in [0, 0.1) is 0 Å². The van der Waals surface area contributed by atoms with E-state index in [2.05, 4.69) is 20.0 Å². The van der Waals surface area contributed by atoms with E-state index in [9.17, 15) is 13.2 Å². The standard InChI is InChI=1S/C15H19N5O5S.ClH/c1-24-14-12(15(25-2)18-9-17-14)13(21)20-10-4-3-5-11(8-10)26(22,23)19-7-6-16;/h3-5,8-9,19H,6-7,16H2,1-2H3,(H,20,21);1H. The molecule has 1 aromatic carbocycles. The normalized spacial score (nSPS) is 10.6. The van der Waals surface area contributed by atoms with Crippen molar-refractivity contribution < 1.29 is 22.7 Å². The summed E-state index contributed by atoms with van der Waals surface area (Å²) >= 11 is 0. The van der Waals surface area contributed by atoms with E-state index in [-0.39, 0.29) is 53.4 Å². The molecule has 4 N–H and O–H groups in total. The Morgan fingerprint density at radius 3 is 2.37 bits per heavy atom. The first-order valence-electron chi connectivity index (χ1n) is 7.47. The lowest BCUT2D eigenvalue weighted by Gasteiger charge is -2.12. The lowest BCUT2D eigenvalue weighted by molar-refractivity contribution is 0.101. The van der Waals surface area contributed by atoms with Gasteiger partial charge in [-0.2, -0.15) is 0 Å². The highest BCUT2D eigenvalue weighted by atomic mass is 35.5. The number of nitrogens with one attached hydrogen (secondary N) is 2. The number of carbonyl (C=O) groups is 1. The number of amides is 1. The van der Waals surface area contributed by atoms with Crippen molar-refractivity contribution in [1.82, 2.24) is 14.7 Å². The molecule has 0 saturated heterocycles. The van der Waals surface area contributed by atoms with E-state index < -0.39 is 15.9 Å². The Labute approximate surface area is 162 Å². The van der Waals surface area contributed by atoms with Crippen LogP contribution in [0.3, 0.4) is 0 Å². The molecule has 0 aliphatic carbocycles. The van der Waals surface area contributed by atoms with Gasteiger partial charge in [-0.05, 0) is 18.2 Å². The van der Waals surface area contributed by atoms with Gasteiger partial charge in [-0.1, -0.05) is 6.07 Å². The van der Waals surface area contributed by atoms with Crippen molar-refractivity contribution >= 4 is 34.0 Å². The highest BCUT2D eigenvalue weighted by Gasteiger charge is 2.22. The van der Waals surface area contributed by atoms with Crippen LogP contribution in [-0.4, -0.2) is 51.6 Å². The Balaban J connectivity index is 0.00000364. The van der Waals surface area contributed by atoms with Crippen molar-refractivity contribution in [2.75, 3.05) is 32.6 Å². The largest absolute Gasteiger partial charge is 0.480 e. The monoisotopic (exact) mass is 417 g/mol. The first kappa shape index (κ1) is 22.6. The lowest BCUT2D eigenvalue weighted by atomic mass is 10.2. The molecule has 0 fully saturated rings. The fraction of sp³-hybridized carbons (Fsp3) is 0.267. The number of halogens is 1. The minimum atomic E-state index is -3.73. The molecule has 148 valence electrons. The van der Waals surface area contributed by atoms with E-state index in [1.807, 2.05) is 0 Å². The maximum Gasteiger partial charge on any atom is 0.266 e. The van der Waals surface area contributed by atoms with Crippen LogP contribution in [0.2, 0.25) is 0 Å². The fourth-order valence-electron chi connectivity index (χ4n) is 2.07. The summed E-state index contributed by atoms with van der Waals surface area (Å²) in [5, 5.41) is 2.58. The maximum absolute atomic E-state index is 12.6. The quantitative estimate of drug-likeness (QED) is 0.559. The number of rotatable bonds is 8. The molecule has 0 unspecified atom stereocenters. The van der Waals surface area contributed by atoms with Crippen LogP contribution >= 0.6 is 12.4 Å². The van der Waals surface area contributed by atoms with Crippen molar-refractivity contribution in [3.8, 4) is 11.8 Å². The molecule has 1 amide bonds. The number of methoxy groups -OCH3 is 2. The second-order valence-corrected chi connectivity index (χ2v) is 6.70. The van der Waals surface area contributed by atoms with Gasteiger partial charge >= 0.3 is 0 Å². The third-order valence-electron chi connectivity index (χ3n) is 3.23. The molecule has 0 radical (unpaired) electrons. The van der Waals surface area contributed by atoms with Gasteiger partial charge in [0.05, 0.1) is 19.1 Å². The summed E-state index contributed by atoms with van der Waals surface area (Å²) in [7, 11) is -1.01. The van der Waals surface area contributed by atoms with Crippen LogP contribution in [0.4, 0.5) is 5.69 Å². The molecule has 1 heterocycles. The summed E-state index contributed by atoms with van der Waals surface area (Å²) in [6.07, 6.45) is 1.20. The zero-order valence-electron chi connectivity index (χ0n) is 14.6. The lowest BCUT2D eigenvalue weighted by Crippen LogP contribution is -2.29. The Morgan fingerprint density at radius 2 is 1.81 bits per heavy atom. The second kappa shape index (κ2) is 10.0. The molecule has 2 aromatic rings. The number of nitrogens with two attached hydrogens (primary N) is 1. The summed E-state index contributed by atoms with van der Waals surface area (Å²) in [6.45, 7) is 0.276. The van der Waals surface area contributed by atoms with Gasteiger partial charge in [0.15, 0.2) is 5.56 Å². The van der Waals surface area contributed by atoms with Gasteiger partial charge < -0.3 is 20.5 Å². The summed E-state index contributed by atoms with van der Waals surface area (Å²) in [5.41, 5.74) is 5.56. The minimum absolute atomic E-state index is 0. The summed E-state index contributed by atoms with van der Waals surface area (Å²) in [6, 6.07) is 5.77. The van der Waals surface area contributed by atoms with Gasteiger partial charge in [0.1, 0.15) is 6.33 Å². The maximum atomic E-state index is 12.6. The predicted molar refractivity (Wildman–Crippen MR) is 101 cm³/mol. The SMILES string of the molecule is COc1ncnc(OC)c1C(=O)Nc1cccc(S(=O)(=O)NCCN)c1.Cl. The highest BCUT2D eigenvalue weighted by molar-refractivity contribution is 7.89. The predicted octanol–water partition coefficient (Wildman–Crippen LogP) is 0.405. The number of sulfonamides is 1. The number of benzene rings is 1. The third kappa shape index (κ3) is 5.50. The zero-order valence-corrected chi connectivity index (χ0v) is 16.3. The number of ether oxygens (including phenoxy) is 2. The van der Waals surface area contributed by atoms with E-state index in [0.29, 0.717) is 0 Å². The van der Waals surface area contributed by atoms with Crippen molar-refractivity contribution in [1.29, 1.82) is 0 Å². The van der Waals surface area contributed by atoms with E-state index in [4.69, 9.17) is 15.2 Å². The van der Waals surface area contributed by atoms with E-state index in [0.717, 1.165) is 0 Å². The summed E-state index contributed by atoms with van der Waals surface area (Å²) < 4.78 is 36.8. The van der Waals surface area contributed by atoms with Crippen LogP contribution in [0.5, 0.6) is 11.8 Å². The topological polar surface area (TPSA) is 146 Å². The minimum Gasteiger partial charge on any atom is -0.480 e. The van der Waals surface area contributed by atoms with Gasteiger partial charge in [0.25, 0.3) is 5.91 Å². The number of aromatic nitrogens is 2. The van der Waals surface area contributed by atoms with Gasteiger partial charge in [-0.25, -0.2) is 23.1 Å². The Morgan fingerprint density at radius 1 is 1.19 bits per heavy atom. The average Bonchev–Trinajstić information content (AvgIpc) is 2.65. The zero-order chi connectivity index (χ0) is 19.2. The third-order valence-corrected chi connectivity index (χ3v) is 4.69. The van der Waals surface area contributed by atoms with Crippen LogP contribution in [0.1, 0.15) is 10.4 Å². The first-order chi connectivity index (χ1) is 12.4. The van der Waals surface area contributed by atoms with Gasteiger partial charge in [0, 0.05) is 18.8 Å². The Bertz CT molecular complexity index is 872. The average molecular weight is 418 g/mol. The van der Waals surface area contributed by atoms with Crippen molar-refractivity contribution in [2.24, 2.45) is 5.73 Å². The van der Waals surface area contributed by atoms with Gasteiger partial charge in [-0.15, -0.1) is 12.4 Å². The molecular formula is C15H20ClN5O5S. The molecule has 0 aliphatic heterocycles. The number of hydrogen-bond acceptors (Lipinski definition) is 8. The molecule has 12 heteroatoms. The second-order valence-electron chi connectivity index (χ2n) is 4.94. The Hall–Kier alpha value is -2.47. The van der Waals surface area contributed by atoms with E-state index >= 15 is 0 Å². The number of nitrogens with zero attached hydrogens (tertiary/aromatic N) is 2. The fourth-order valence-corrected chi connectivity index (χ4v) is 3.16. The summed E-state index contributed by atoms with van der Waals surface area (Å²) in [4.78, 5) is 20.3. The van der Waals surface area contributed by atoms with Crippen LogP contribution in [0.25, 0.3) is 0 Å². The molecule has 1 aromatic heterocycles. The number of hydrogen-bond donors (Lipinski definition) is 3. The van der Waals surface area contributed by atoms with Crippen LogP contribution in [0.15, 0.2) is 35.5 Å². The van der Waals surface area contributed by atoms with Crippen molar-refractivity contribution in [2.45, 2.75) is 4.90 Å². The number of carbonyl (C=O) groups excluding carboxylic acids is 1. The van der Waals surface area contributed by atoms with E-state index in [1.54, 1.807) is 6.07 Å². The first-order valence-corrected chi connectivity index (χ1v) is 8.95. The highest BCUT2D eigenvalue weighted by Crippen LogP contribution is 2.25. The van der Waals surface area contributed by atoms with Crippen LogP contribution < -0.4 is 25.2 Å². The van der Waals surface area contributed by atoms with Gasteiger partial charge in [-0.3, -0.25) is 4.79 Å². The van der Waals surface area contributed by atoms with Crippen molar-refractivity contribution in [3.63, 3.8) is 0 Å². The molecular weight excluding hydrogens is 398 g/mol. The van der Waals surface area contributed by atoms with E-state index in [1.165, 1.54) is 38.7 Å². The van der Waals surface area contributed by atoms with Crippen LogP contribution in [-0.2, 0) is 10.0 Å². The Kier molecular flexibility index (Phi) is 8.37. The molecule has 27 heavy (non-hydrogen) atoms. The molecule has 0 spiro atoms. The molecule has 0 bridgehead atoms. The molecule has 0 atom stereocenters. The smallest absolute Gasteiger partial charge is 0.266 e. The molecule has 10 nitrogen and oxygen atoms in total. The summed E-state index contributed by atoms with van der Waals surface area (Å²) in [5.74, 6) is -0.547.